The van der Waals surface area contributed by atoms with E-state index in [1.807, 2.05) is 30.3 Å². The first kappa shape index (κ1) is 22.9. The van der Waals surface area contributed by atoms with Gasteiger partial charge < -0.3 is 10.2 Å². The summed E-state index contributed by atoms with van der Waals surface area (Å²) in [5.74, 6) is -3.18. The van der Waals surface area contributed by atoms with Crippen molar-refractivity contribution in [2.45, 2.75) is 12.1 Å². The van der Waals surface area contributed by atoms with E-state index in [9.17, 15) is 24.5 Å². The molecule has 10 heteroatoms. The second-order valence-corrected chi connectivity index (χ2v) is 9.50. The topological polar surface area (TPSA) is 113 Å². The maximum atomic E-state index is 13.8. The fraction of sp³-hybridized carbons (Fsp3) is 0.148. The lowest BCUT2D eigenvalue weighted by Crippen LogP contribution is -2.46. The molecule has 0 saturated carbocycles. The van der Waals surface area contributed by atoms with E-state index in [0.29, 0.717) is 5.69 Å². The van der Waals surface area contributed by atoms with Gasteiger partial charge >= 0.3 is 0 Å². The number of imide groups is 1. The highest BCUT2D eigenvalue weighted by Crippen LogP contribution is 2.53. The second-order valence-electron chi connectivity index (χ2n) is 9.09. The molecule has 3 aromatic rings. The Bertz CT molecular complexity index is 1510. The first-order valence-electron chi connectivity index (χ1n) is 11.6. The lowest BCUT2D eigenvalue weighted by Gasteiger charge is -2.35. The van der Waals surface area contributed by atoms with Gasteiger partial charge in [0.2, 0.25) is 17.7 Å². The van der Waals surface area contributed by atoms with E-state index in [2.05, 4.69) is 5.32 Å². The van der Waals surface area contributed by atoms with Crippen LogP contribution in [0, 0.1) is 22.0 Å². The van der Waals surface area contributed by atoms with Crippen molar-refractivity contribution in [3.05, 3.63) is 105 Å². The van der Waals surface area contributed by atoms with Gasteiger partial charge in [0.1, 0.15) is 6.04 Å². The van der Waals surface area contributed by atoms with Crippen molar-refractivity contribution < 1.29 is 19.3 Å². The number of hydrogen-bond donors (Lipinski definition) is 1. The molecular weight excluding hydrogens is 496 g/mol. The molecule has 3 aliphatic rings. The van der Waals surface area contributed by atoms with E-state index in [1.165, 1.54) is 18.2 Å². The van der Waals surface area contributed by atoms with Crippen molar-refractivity contribution in [3.8, 4) is 0 Å². The molecular formula is C27H19ClN4O5. The van der Waals surface area contributed by atoms with Gasteiger partial charge in [-0.1, -0.05) is 54.1 Å². The average molecular weight is 515 g/mol. The van der Waals surface area contributed by atoms with Gasteiger partial charge in [-0.25, -0.2) is 4.90 Å². The fourth-order valence-corrected chi connectivity index (χ4v) is 5.78. The molecule has 9 nitrogen and oxygen atoms in total. The summed E-state index contributed by atoms with van der Waals surface area (Å²) in [6, 6.07) is 18.4. The lowest BCUT2D eigenvalue weighted by molar-refractivity contribution is -0.384. The molecule has 37 heavy (non-hydrogen) atoms. The van der Waals surface area contributed by atoms with Crippen LogP contribution in [0.2, 0.25) is 5.02 Å². The highest BCUT2D eigenvalue weighted by atomic mass is 35.5. The van der Waals surface area contributed by atoms with Gasteiger partial charge in [-0.15, -0.1) is 0 Å². The number of non-ortho nitro benzene ring substituents is 1. The minimum atomic E-state index is -1.04. The zero-order chi connectivity index (χ0) is 25.8. The Labute approximate surface area is 216 Å². The van der Waals surface area contributed by atoms with Crippen molar-refractivity contribution in [2.75, 3.05) is 10.2 Å². The minimum absolute atomic E-state index is 0.0546. The van der Waals surface area contributed by atoms with E-state index in [4.69, 9.17) is 11.6 Å². The van der Waals surface area contributed by atoms with E-state index in [-0.39, 0.29) is 22.3 Å². The van der Waals surface area contributed by atoms with Crippen LogP contribution in [-0.4, -0.2) is 33.6 Å². The summed E-state index contributed by atoms with van der Waals surface area (Å²) in [5, 5.41) is 14.0. The number of anilines is 2. The largest absolute Gasteiger partial charge is 0.357 e. The highest BCUT2D eigenvalue weighted by molar-refractivity contribution is 6.34. The summed E-state index contributed by atoms with van der Waals surface area (Å²) in [4.78, 5) is 54.9. The Hall–Kier alpha value is -4.50. The number of halogens is 1. The smallest absolute Gasteiger partial charge is 0.271 e. The van der Waals surface area contributed by atoms with Gasteiger partial charge in [-0.2, -0.15) is 0 Å². The highest BCUT2D eigenvalue weighted by Gasteiger charge is 2.64. The van der Waals surface area contributed by atoms with Crippen LogP contribution in [-0.2, 0) is 14.4 Å². The number of carbonyl (C=O) groups excluding carboxylic acids is 3. The van der Waals surface area contributed by atoms with Crippen LogP contribution < -0.4 is 10.2 Å². The minimum Gasteiger partial charge on any atom is -0.357 e. The molecule has 0 radical (unpaired) electrons. The number of nitrogens with one attached hydrogen (secondary N) is 1. The van der Waals surface area contributed by atoms with Crippen LogP contribution in [0.1, 0.15) is 17.2 Å². The number of benzene rings is 3. The van der Waals surface area contributed by atoms with Gasteiger partial charge in [0.25, 0.3) is 5.69 Å². The number of fused-ring (bicyclic) bond motifs is 5. The molecule has 4 atom stereocenters. The zero-order valence-electron chi connectivity index (χ0n) is 19.2. The molecule has 3 aromatic carbocycles. The number of carbonyl (C=O) groups is 3. The molecule has 0 spiro atoms. The van der Waals surface area contributed by atoms with Gasteiger partial charge in [0.05, 0.1) is 39.2 Å². The molecule has 3 aliphatic heterocycles. The Morgan fingerprint density at radius 3 is 2.41 bits per heavy atom. The summed E-state index contributed by atoms with van der Waals surface area (Å²) in [7, 11) is 0. The molecule has 2 fully saturated rings. The molecule has 0 unspecified atom stereocenters. The van der Waals surface area contributed by atoms with Crippen molar-refractivity contribution in [3.63, 3.8) is 0 Å². The summed E-state index contributed by atoms with van der Waals surface area (Å²) >= 11 is 6.23. The maximum absolute atomic E-state index is 13.8. The number of amides is 3. The summed E-state index contributed by atoms with van der Waals surface area (Å²) in [5.41, 5.74) is 2.01. The molecule has 3 amide bonds. The molecule has 0 aromatic heterocycles. The number of para-hydroxylation sites is 1. The van der Waals surface area contributed by atoms with E-state index >= 15 is 0 Å². The molecule has 0 bridgehead atoms. The van der Waals surface area contributed by atoms with Crippen molar-refractivity contribution >= 4 is 52.5 Å². The Kier molecular flexibility index (Phi) is 5.31. The van der Waals surface area contributed by atoms with Gasteiger partial charge in [0.15, 0.2) is 0 Å². The Morgan fingerprint density at radius 1 is 0.946 bits per heavy atom. The normalized spacial score (nSPS) is 23.5. The van der Waals surface area contributed by atoms with Crippen LogP contribution in [0.3, 0.4) is 0 Å². The van der Waals surface area contributed by atoms with Crippen LogP contribution >= 0.6 is 11.6 Å². The zero-order valence-corrected chi connectivity index (χ0v) is 19.9. The van der Waals surface area contributed by atoms with E-state index < -0.39 is 40.7 Å². The van der Waals surface area contributed by atoms with Gasteiger partial charge in [-0.3, -0.25) is 24.5 Å². The molecule has 3 heterocycles. The lowest BCUT2D eigenvalue weighted by atomic mass is 9.84. The van der Waals surface area contributed by atoms with Crippen LogP contribution in [0.5, 0.6) is 0 Å². The molecule has 184 valence electrons. The van der Waals surface area contributed by atoms with Crippen molar-refractivity contribution in [2.24, 2.45) is 11.8 Å². The quantitative estimate of drug-likeness (QED) is 0.313. The molecule has 2 saturated heterocycles. The summed E-state index contributed by atoms with van der Waals surface area (Å²) in [6.07, 6.45) is 3.58. The second kappa shape index (κ2) is 8.56. The SMILES string of the molecule is O=C(Nc1cc([N+](=O)[O-])ccc1Cl)[C@@H]1[C@@H]2C(=O)N(c3ccccc3)C(=O)[C@H]2[C@H]2c3ccccc3C=CN12. The third-order valence-corrected chi connectivity index (χ3v) is 7.49. The number of nitrogens with zero attached hydrogens (tertiary/aromatic N) is 3. The average Bonchev–Trinajstić information content (AvgIpc) is 3.38. The Balaban J connectivity index is 1.44. The van der Waals surface area contributed by atoms with Crippen molar-refractivity contribution in [1.29, 1.82) is 0 Å². The van der Waals surface area contributed by atoms with Crippen LogP contribution in [0.25, 0.3) is 6.08 Å². The first-order valence-corrected chi connectivity index (χ1v) is 12.0. The molecule has 1 N–H and O–H groups in total. The number of hydrogen-bond acceptors (Lipinski definition) is 6. The van der Waals surface area contributed by atoms with Crippen LogP contribution in [0.4, 0.5) is 17.1 Å². The third-order valence-electron chi connectivity index (χ3n) is 7.16. The first-order chi connectivity index (χ1) is 17.9. The predicted molar refractivity (Wildman–Crippen MR) is 136 cm³/mol. The van der Waals surface area contributed by atoms with E-state index in [1.54, 1.807) is 41.4 Å². The number of rotatable bonds is 4. The Morgan fingerprint density at radius 2 is 1.65 bits per heavy atom. The monoisotopic (exact) mass is 514 g/mol. The maximum Gasteiger partial charge on any atom is 0.271 e. The molecule has 0 aliphatic carbocycles. The number of nitro benzene ring substituents is 1. The predicted octanol–water partition coefficient (Wildman–Crippen LogP) is 4.40. The molecule has 6 rings (SSSR count). The van der Waals surface area contributed by atoms with E-state index in [0.717, 1.165) is 16.0 Å². The standard InChI is InChI=1S/C27H19ClN4O5/c28-19-11-10-17(32(36)37)14-20(19)29-25(33)24-22-21(23-18-9-5-4-6-15(18)12-13-30(23)24)26(34)31(27(22)35)16-7-2-1-3-8-16/h1-14,21-24H,(H,29,33)/t21-,22-,23-,24+/m1/s1. The van der Waals surface area contributed by atoms with Crippen molar-refractivity contribution in [1.82, 2.24) is 4.90 Å². The summed E-state index contributed by atoms with van der Waals surface area (Å²) in [6.45, 7) is 0. The third kappa shape index (κ3) is 3.50. The van der Waals surface area contributed by atoms with Gasteiger partial charge in [0, 0.05) is 18.3 Å². The van der Waals surface area contributed by atoms with Crippen LogP contribution in [0.15, 0.2) is 79.0 Å². The van der Waals surface area contributed by atoms with Gasteiger partial charge in [-0.05, 0) is 35.4 Å². The summed E-state index contributed by atoms with van der Waals surface area (Å²) < 4.78 is 0. The number of nitro groups is 1. The fourth-order valence-electron chi connectivity index (χ4n) is 5.62.